The average Bonchev–Trinajstić information content (AvgIpc) is 2.62. The Bertz CT molecular complexity index is 794. The second kappa shape index (κ2) is 6.35. The molecule has 4 rings (SSSR count). The van der Waals surface area contributed by atoms with Crippen molar-refractivity contribution in [1.29, 1.82) is 0 Å². The van der Waals surface area contributed by atoms with Gasteiger partial charge in [-0.2, -0.15) is 0 Å². The molecule has 1 aliphatic heterocycles. The molecule has 0 saturated carbocycles. The van der Waals surface area contributed by atoms with Crippen molar-refractivity contribution in [2.24, 2.45) is 0 Å². The van der Waals surface area contributed by atoms with E-state index in [1.165, 1.54) is 26.7 Å². The van der Waals surface area contributed by atoms with Gasteiger partial charge in [-0.15, -0.1) is 0 Å². The first kappa shape index (κ1) is 14.2. The Hall–Kier alpha value is -2.45. The average molecular weight is 315 g/mol. The highest BCUT2D eigenvalue weighted by Crippen LogP contribution is 2.47. The number of fused-ring (bicyclic) bond motifs is 2. The number of hydrogen-bond acceptors (Lipinski definition) is 2. The molecule has 1 aliphatic rings. The monoisotopic (exact) mass is 315 g/mol. The van der Waals surface area contributed by atoms with E-state index in [1.807, 2.05) is 17.8 Å². The molecule has 0 unspecified atom stereocenters. The number of rotatable bonds is 3. The topological polar surface area (TPSA) is 3.24 Å². The summed E-state index contributed by atoms with van der Waals surface area (Å²) in [7, 11) is 0. The van der Waals surface area contributed by atoms with Crippen molar-refractivity contribution in [3.63, 3.8) is 0 Å². The molecule has 0 aromatic heterocycles. The van der Waals surface area contributed by atoms with E-state index in [4.69, 9.17) is 0 Å². The molecule has 0 saturated heterocycles. The van der Waals surface area contributed by atoms with Gasteiger partial charge < -0.3 is 4.90 Å². The Morgan fingerprint density at radius 2 is 1.26 bits per heavy atom. The van der Waals surface area contributed by atoms with Crippen molar-refractivity contribution < 1.29 is 0 Å². The first-order chi connectivity index (χ1) is 11.4. The zero-order chi connectivity index (χ0) is 15.5. The zero-order valence-electron chi connectivity index (χ0n) is 12.7. The minimum absolute atomic E-state index is 0.865. The van der Waals surface area contributed by atoms with E-state index in [0.29, 0.717) is 0 Å². The summed E-state index contributed by atoms with van der Waals surface area (Å²) in [4.78, 5) is 5.03. The van der Waals surface area contributed by atoms with Crippen LogP contribution in [0.1, 0.15) is 5.56 Å². The van der Waals surface area contributed by atoms with Crippen LogP contribution in [0.4, 0.5) is 11.4 Å². The Morgan fingerprint density at radius 3 is 1.91 bits per heavy atom. The summed E-state index contributed by atoms with van der Waals surface area (Å²) in [6.07, 6.45) is 4.42. The molecule has 3 aromatic carbocycles. The summed E-state index contributed by atoms with van der Waals surface area (Å²) in [6.45, 7) is 0.865. The van der Waals surface area contributed by atoms with Crippen LogP contribution < -0.4 is 4.90 Å². The quantitative estimate of drug-likeness (QED) is 0.583. The third kappa shape index (κ3) is 2.90. The fraction of sp³-hybridized carbons (Fsp3) is 0.0476. The number of anilines is 2. The minimum Gasteiger partial charge on any atom is -0.336 e. The van der Waals surface area contributed by atoms with Gasteiger partial charge in [0.1, 0.15) is 0 Å². The molecule has 0 radical (unpaired) electrons. The molecule has 3 aromatic rings. The number of hydrogen-bond donors (Lipinski definition) is 0. The lowest BCUT2D eigenvalue weighted by Gasteiger charge is -2.31. The van der Waals surface area contributed by atoms with Gasteiger partial charge in [-0.25, -0.2) is 0 Å². The van der Waals surface area contributed by atoms with Crippen LogP contribution in [0, 0.1) is 0 Å². The molecule has 0 fully saturated rings. The van der Waals surface area contributed by atoms with Gasteiger partial charge in [0.2, 0.25) is 0 Å². The van der Waals surface area contributed by atoms with Gasteiger partial charge in [0.05, 0.1) is 11.4 Å². The van der Waals surface area contributed by atoms with Crippen molar-refractivity contribution in [3.05, 3.63) is 90.5 Å². The van der Waals surface area contributed by atoms with Gasteiger partial charge in [-0.05, 0) is 29.8 Å². The van der Waals surface area contributed by atoms with Crippen LogP contribution in [-0.4, -0.2) is 6.54 Å². The Labute approximate surface area is 141 Å². The molecule has 0 aliphatic carbocycles. The van der Waals surface area contributed by atoms with E-state index in [1.54, 1.807) is 0 Å². The maximum absolute atomic E-state index is 2.39. The lowest BCUT2D eigenvalue weighted by atomic mass is 10.2. The number of para-hydroxylation sites is 2. The van der Waals surface area contributed by atoms with Gasteiger partial charge >= 0.3 is 0 Å². The summed E-state index contributed by atoms with van der Waals surface area (Å²) in [5, 5.41) is 0. The lowest BCUT2D eigenvalue weighted by molar-refractivity contribution is 1.04. The molecular formula is C21H17NS. The van der Waals surface area contributed by atoms with E-state index in [9.17, 15) is 0 Å². The molecule has 112 valence electrons. The van der Waals surface area contributed by atoms with Crippen molar-refractivity contribution in [2.45, 2.75) is 9.79 Å². The molecule has 1 heterocycles. The van der Waals surface area contributed by atoms with Crippen LogP contribution in [0.5, 0.6) is 0 Å². The molecule has 0 atom stereocenters. The number of benzene rings is 3. The standard InChI is InChI=1S/C21H17NS/c1-2-9-17(10-3-1)11-8-16-22-18-12-4-6-14-20(18)23-21-15-7-5-13-19(21)22/h1-15H,16H2/b11-8+. The normalized spacial score (nSPS) is 13.0. The Kier molecular flexibility index (Phi) is 3.91. The second-order valence-corrected chi connectivity index (χ2v) is 6.54. The van der Waals surface area contributed by atoms with Crippen LogP contribution in [0.15, 0.2) is 94.7 Å². The van der Waals surface area contributed by atoms with Crippen molar-refractivity contribution in [2.75, 3.05) is 11.4 Å². The molecule has 2 heteroatoms. The summed E-state index contributed by atoms with van der Waals surface area (Å²) in [5.41, 5.74) is 3.81. The third-order valence-electron chi connectivity index (χ3n) is 3.93. The van der Waals surface area contributed by atoms with Crippen LogP contribution in [0.3, 0.4) is 0 Å². The van der Waals surface area contributed by atoms with Crippen LogP contribution in [0.2, 0.25) is 0 Å². The fourth-order valence-electron chi connectivity index (χ4n) is 2.84. The van der Waals surface area contributed by atoms with E-state index in [2.05, 4.69) is 89.8 Å². The molecule has 1 nitrogen and oxygen atoms in total. The minimum atomic E-state index is 0.865. The molecule has 0 amide bonds. The van der Waals surface area contributed by atoms with E-state index < -0.39 is 0 Å². The van der Waals surface area contributed by atoms with Gasteiger partial charge in [0.15, 0.2) is 0 Å². The second-order valence-electron chi connectivity index (χ2n) is 5.46. The third-order valence-corrected chi connectivity index (χ3v) is 5.06. The Balaban J connectivity index is 1.66. The van der Waals surface area contributed by atoms with Crippen LogP contribution in [-0.2, 0) is 0 Å². The maximum Gasteiger partial charge on any atom is 0.0555 e. The highest BCUT2D eigenvalue weighted by atomic mass is 32.2. The summed E-state index contributed by atoms with van der Waals surface area (Å²) in [6, 6.07) is 27.7. The summed E-state index contributed by atoms with van der Waals surface area (Å²) < 4.78 is 0. The highest BCUT2D eigenvalue weighted by Gasteiger charge is 2.21. The van der Waals surface area contributed by atoms with E-state index in [-0.39, 0.29) is 0 Å². The molecule has 23 heavy (non-hydrogen) atoms. The van der Waals surface area contributed by atoms with Gasteiger partial charge in [0, 0.05) is 16.3 Å². The van der Waals surface area contributed by atoms with Crippen molar-refractivity contribution in [3.8, 4) is 0 Å². The molecule has 0 N–H and O–H groups in total. The molecule has 0 spiro atoms. The maximum atomic E-state index is 2.39. The van der Waals surface area contributed by atoms with Crippen LogP contribution in [0.25, 0.3) is 6.08 Å². The van der Waals surface area contributed by atoms with Crippen molar-refractivity contribution >= 4 is 29.2 Å². The van der Waals surface area contributed by atoms with E-state index in [0.717, 1.165) is 6.54 Å². The number of nitrogens with zero attached hydrogens (tertiary/aromatic N) is 1. The first-order valence-electron chi connectivity index (χ1n) is 7.77. The fourth-order valence-corrected chi connectivity index (χ4v) is 3.93. The Morgan fingerprint density at radius 1 is 0.696 bits per heavy atom. The SMILES string of the molecule is C(=C\c1ccccc1)/CN1c2ccccc2Sc2ccccc21. The predicted molar refractivity (Wildman–Crippen MR) is 99.5 cm³/mol. The lowest BCUT2D eigenvalue weighted by Crippen LogP contribution is -2.20. The molecular weight excluding hydrogens is 298 g/mol. The summed E-state index contributed by atoms with van der Waals surface area (Å²) >= 11 is 1.85. The zero-order valence-corrected chi connectivity index (χ0v) is 13.5. The predicted octanol–water partition coefficient (Wildman–Crippen LogP) is 6.00. The first-order valence-corrected chi connectivity index (χ1v) is 8.58. The largest absolute Gasteiger partial charge is 0.336 e. The van der Waals surface area contributed by atoms with Gasteiger partial charge in [-0.1, -0.05) is 78.5 Å². The molecule has 0 bridgehead atoms. The van der Waals surface area contributed by atoms with Crippen molar-refractivity contribution in [1.82, 2.24) is 0 Å². The van der Waals surface area contributed by atoms with Gasteiger partial charge in [0.25, 0.3) is 0 Å². The van der Waals surface area contributed by atoms with E-state index >= 15 is 0 Å². The highest BCUT2D eigenvalue weighted by molar-refractivity contribution is 7.99. The van der Waals surface area contributed by atoms with Gasteiger partial charge in [-0.3, -0.25) is 0 Å². The smallest absolute Gasteiger partial charge is 0.0555 e. The van der Waals surface area contributed by atoms with Crippen LogP contribution >= 0.6 is 11.8 Å². The summed E-state index contributed by atoms with van der Waals surface area (Å²) in [5.74, 6) is 0.